The fourth-order valence-corrected chi connectivity index (χ4v) is 3.10. The molecule has 4 nitrogen and oxygen atoms in total. The molecule has 8 heteroatoms. The Morgan fingerprint density at radius 1 is 1.35 bits per heavy atom. The molecule has 0 amide bonds. The summed E-state index contributed by atoms with van der Waals surface area (Å²) in [5, 5.41) is 0. The smallest absolute Gasteiger partial charge is 0.303 e. The lowest BCUT2D eigenvalue weighted by molar-refractivity contribution is -0.145. The number of hydrogen-bond acceptors (Lipinski definition) is 3. The Labute approximate surface area is 138 Å². The Balaban J connectivity index is 1.85. The normalized spacial score (nSPS) is 15.5. The van der Waals surface area contributed by atoms with Crippen molar-refractivity contribution < 1.29 is 13.2 Å². The van der Waals surface area contributed by atoms with Crippen LogP contribution in [0.15, 0.2) is 33.5 Å². The molecule has 1 N–H and O–H groups in total. The van der Waals surface area contributed by atoms with E-state index in [0.717, 1.165) is 10.0 Å². The van der Waals surface area contributed by atoms with E-state index in [2.05, 4.69) is 20.9 Å². The van der Waals surface area contributed by atoms with Crippen molar-refractivity contribution in [2.24, 2.45) is 0 Å². The second-order valence-electron chi connectivity index (χ2n) is 5.43. The minimum atomic E-state index is -4.65. The van der Waals surface area contributed by atoms with Crippen molar-refractivity contribution in [1.82, 2.24) is 14.9 Å². The molecule has 1 aromatic heterocycles. The van der Waals surface area contributed by atoms with Crippen LogP contribution in [0.25, 0.3) is 0 Å². The number of nitrogens with zero attached hydrogens (tertiary/aromatic N) is 2. The van der Waals surface area contributed by atoms with Gasteiger partial charge in [-0.3, -0.25) is 9.69 Å². The van der Waals surface area contributed by atoms with Gasteiger partial charge in [-0.05, 0) is 24.1 Å². The van der Waals surface area contributed by atoms with E-state index in [9.17, 15) is 18.0 Å². The van der Waals surface area contributed by atoms with Gasteiger partial charge < -0.3 is 4.98 Å². The van der Waals surface area contributed by atoms with Crippen molar-refractivity contribution in [2.75, 3.05) is 6.54 Å². The largest absolute Gasteiger partial charge is 0.449 e. The van der Waals surface area contributed by atoms with Crippen LogP contribution in [0.1, 0.15) is 22.6 Å². The van der Waals surface area contributed by atoms with Gasteiger partial charge in [-0.2, -0.15) is 13.2 Å². The van der Waals surface area contributed by atoms with Crippen molar-refractivity contribution >= 4 is 15.9 Å². The van der Waals surface area contributed by atoms with Crippen molar-refractivity contribution in [3.05, 3.63) is 61.7 Å². The fourth-order valence-electron chi connectivity index (χ4n) is 2.66. The summed E-state index contributed by atoms with van der Waals surface area (Å²) in [7, 11) is 0. The number of H-pyrrole nitrogens is 1. The predicted molar refractivity (Wildman–Crippen MR) is 81.8 cm³/mol. The van der Waals surface area contributed by atoms with Crippen molar-refractivity contribution in [3.63, 3.8) is 0 Å². The van der Waals surface area contributed by atoms with Crippen LogP contribution in [0.4, 0.5) is 13.2 Å². The highest BCUT2D eigenvalue weighted by Gasteiger charge is 2.35. The topological polar surface area (TPSA) is 49.0 Å². The van der Waals surface area contributed by atoms with Gasteiger partial charge in [0.1, 0.15) is 0 Å². The van der Waals surface area contributed by atoms with Gasteiger partial charge in [-0.25, -0.2) is 4.98 Å². The number of aromatic nitrogens is 2. The van der Waals surface area contributed by atoms with Crippen molar-refractivity contribution in [1.29, 1.82) is 0 Å². The molecule has 0 atom stereocenters. The van der Waals surface area contributed by atoms with Crippen LogP contribution in [0.5, 0.6) is 0 Å². The molecule has 122 valence electrons. The van der Waals surface area contributed by atoms with E-state index >= 15 is 0 Å². The number of benzene rings is 1. The Bertz CT molecular complexity index is 788. The van der Waals surface area contributed by atoms with Crippen LogP contribution in [-0.2, 0) is 25.7 Å². The molecule has 1 aliphatic rings. The average molecular weight is 388 g/mol. The van der Waals surface area contributed by atoms with Crippen LogP contribution in [0, 0.1) is 0 Å². The molecule has 0 unspecified atom stereocenters. The standard InChI is InChI=1S/C15H13BrF3N3O/c16-10-3-1-2-9(6-10)7-22-5-4-11-12(8-22)20-14(15(17,18)19)21-13(11)23/h1-3,6H,4-5,7-8H2,(H,20,21,23). The monoisotopic (exact) mass is 387 g/mol. The van der Waals surface area contributed by atoms with Crippen molar-refractivity contribution in [2.45, 2.75) is 25.7 Å². The van der Waals surface area contributed by atoms with E-state index in [1.54, 1.807) is 0 Å². The second kappa shape index (κ2) is 6.09. The first-order valence-electron chi connectivity index (χ1n) is 6.99. The average Bonchev–Trinajstić information content (AvgIpc) is 2.46. The third-order valence-electron chi connectivity index (χ3n) is 3.72. The Hall–Kier alpha value is -1.67. The van der Waals surface area contributed by atoms with Gasteiger partial charge in [0.2, 0.25) is 5.82 Å². The second-order valence-corrected chi connectivity index (χ2v) is 6.34. The molecule has 0 spiro atoms. The quantitative estimate of drug-likeness (QED) is 0.861. The van der Waals surface area contributed by atoms with Gasteiger partial charge in [0.15, 0.2) is 0 Å². The number of alkyl halides is 3. The maximum atomic E-state index is 12.8. The zero-order valence-electron chi connectivity index (χ0n) is 12.0. The van der Waals surface area contributed by atoms with E-state index in [4.69, 9.17) is 0 Å². The molecular weight excluding hydrogens is 375 g/mol. The highest BCUT2D eigenvalue weighted by molar-refractivity contribution is 9.10. The van der Waals surface area contributed by atoms with Gasteiger partial charge in [0, 0.05) is 29.7 Å². The number of aromatic amines is 1. The minimum Gasteiger partial charge on any atom is -0.303 e. The lowest BCUT2D eigenvalue weighted by Crippen LogP contribution is -2.36. The Kier molecular flexibility index (Phi) is 4.29. The van der Waals surface area contributed by atoms with E-state index in [0.29, 0.717) is 25.1 Å². The van der Waals surface area contributed by atoms with Crippen LogP contribution in [-0.4, -0.2) is 21.4 Å². The molecule has 0 saturated carbocycles. The summed E-state index contributed by atoms with van der Waals surface area (Å²) in [6, 6.07) is 7.72. The van der Waals surface area contributed by atoms with Crippen LogP contribution >= 0.6 is 15.9 Å². The van der Waals surface area contributed by atoms with Gasteiger partial charge >= 0.3 is 6.18 Å². The van der Waals surface area contributed by atoms with Gasteiger partial charge in [-0.15, -0.1) is 0 Å². The molecule has 0 fully saturated rings. The molecule has 0 bridgehead atoms. The molecule has 2 aromatic rings. The van der Waals surface area contributed by atoms with Gasteiger partial charge in [0.05, 0.1) is 5.69 Å². The van der Waals surface area contributed by atoms with E-state index in [1.807, 2.05) is 34.1 Å². The Morgan fingerprint density at radius 2 is 2.13 bits per heavy atom. The zero-order valence-corrected chi connectivity index (χ0v) is 13.5. The third-order valence-corrected chi connectivity index (χ3v) is 4.21. The first-order valence-corrected chi connectivity index (χ1v) is 7.78. The van der Waals surface area contributed by atoms with E-state index in [1.165, 1.54) is 0 Å². The Morgan fingerprint density at radius 3 is 2.83 bits per heavy atom. The molecule has 0 aliphatic carbocycles. The molecular formula is C15H13BrF3N3O. The highest BCUT2D eigenvalue weighted by Crippen LogP contribution is 2.27. The zero-order chi connectivity index (χ0) is 16.6. The predicted octanol–water partition coefficient (Wildman–Crippen LogP) is 3.11. The highest BCUT2D eigenvalue weighted by atomic mass is 79.9. The van der Waals surface area contributed by atoms with E-state index < -0.39 is 17.6 Å². The molecule has 0 saturated heterocycles. The number of hydrogen-bond donors (Lipinski definition) is 1. The van der Waals surface area contributed by atoms with Crippen LogP contribution in [0.3, 0.4) is 0 Å². The van der Waals surface area contributed by atoms with Gasteiger partial charge in [-0.1, -0.05) is 28.1 Å². The first kappa shape index (κ1) is 16.2. The fraction of sp³-hybridized carbons (Fsp3) is 0.333. The maximum absolute atomic E-state index is 12.8. The maximum Gasteiger partial charge on any atom is 0.449 e. The summed E-state index contributed by atoms with van der Waals surface area (Å²) < 4.78 is 39.3. The van der Waals surface area contributed by atoms with Crippen molar-refractivity contribution in [3.8, 4) is 0 Å². The number of rotatable bonds is 2. The molecule has 0 radical (unpaired) electrons. The third kappa shape index (κ3) is 3.64. The lowest BCUT2D eigenvalue weighted by atomic mass is 10.1. The lowest BCUT2D eigenvalue weighted by Gasteiger charge is -2.27. The summed E-state index contributed by atoms with van der Waals surface area (Å²) in [4.78, 5) is 19.3. The summed E-state index contributed by atoms with van der Waals surface area (Å²) >= 11 is 3.39. The molecule has 3 rings (SSSR count). The molecule has 2 heterocycles. The summed E-state index contributed by atoms with van der Waals surface area (Å²) in [6.07, 6.45) is -4.26. The van der Waals surface area contributed by atoms with Crippen LogP contribution < -0.4 is 5.56 Å². The molecule has 1 aromatic carbocycles. The first-order chi connectivity index (χ1) is 10.8. The van der Waals surface area contributed by atoms with E-state index in [-0.39, 0.29) is 12.2 Å². The van der Waals surface area contributed by atoms with Crippen LogP contribution in [0.2, 0.25) is 0 Å². The number of halogens is 4. The van der Waals surface area contributed by atoms with Gasteiger partial charge in [0.25, 0.3) is 5.56 Å². The number of fused-ring (bicyclic) bond motifs is 1. The molecule has 1 aliphatic heterocycles. The molecule has 23 heavy (non-hydrogen) atoms. The minimum absolute atomic E-state index is 0.210. The summed E-state index contributed by atoms with van der Waals surface area (Å²) in [6.45, 7) is 1.43. The summed E-state index contributed by atoms with van der Waals surface area (Å²) in [5.74, 6) is -1.23. The number of nitrogens with one attached hydrogen (secondary N) is 1. The SMILES string of the molecule is O=c1[nH]c(C(F)(F)F)nc2c1CCN(Cc1cccc(Br)c1)C2. The summed E-state index contributed by atoms with van der Waals surface area (Å²) in [5.41, 5.74) is 0.916.